The van der Waals surface area contributed by atoms with Crippen molar-refractivity contribution in [2.24, 2.45) is 5.92 Å². The molecule has 0 radical (unpaired) electrons. The van der Waals surface area contributed by atoms with Crippen molar-refractivity contribution in [2.45, 2.75) is 31.2 Å². The zero-order valence-electron chi connectivity index (χ0n) is 12.3. The molecule has 2 N–H and O–H groups in total. The normalized spacial score (nSPS) is 22.5. The van der Waals surface area contributed by atoms with Crippen molar-refractivity contribution in [1.29, 1.82) is 0 Å². The van der Waals surface area contributed by atoms with E-state index >= 15 is 0 Å². The van der Waals surface area contributed by atoms with Gasteiger partial charge in [0.05, 0.1) is 9.82 Å². The highest BCUT2D eigenvalue weighted by atomic mass is 79.9. The Morgan fingerprint density at radius 2 is 2.14 bits per heavy atom. The van der Waals surface area contributed by atoms with Crippen LogP contribution in [0.1, 0.15) is 18.9 Å². The van der Waals surface area contributed by atoms with Crippen molar-refractivity contribution in [2.75, 3.05) is 13.1 Å². The van der Waals surface area contributed by atoms with E-state index in [0.29, 0.717) is 16.6 Å². The molecule has 0 aromatic heterocycles. The first-order valence-corrected chi connectivity index (χ1v) is 9.17. The van der Waals surface area contributed by atoms with Gasteiger partial charge in [0.25, 0.3) is 5.69 Å². The predicted octanol–water partition coefficient (Wildman–Crippen LogP) is 1.94. The molecule has 0 saturated carbocycles. The third kappa shape index (κ3) is 3.65. The largest absolute Gasteiger partial charge is 0.315 e. The van der Waals surface area contributed by atoms with Gasteiger partial charge in [-0.3, -0.25) is 10.1 Å². The number of nitro groups is 1. The maximum Gasteiger partial charge on any atom is 0.274 e. The summed E-state index contributed by atoms with van der Waals surface area (Å²) in [7, 11) is -3.81. The minimum absolute atomic E-state index is 0.102. The van der Waals surface area contributed by atoms with Gasteiger partial charge >= 0.3 is 0 Å². The topological polar surface area (TPSA) is 101 Å². The van der Waals surface area contributed by atoms with Gasteiger partial charge < -0.3 is 5.32 Å². The van der Waals surface area contributed by atoms with Gasteiger partial charge in [-0.1, -0.05) is 22.9 Å². The Labute approximate surface area is 137 Å². The molecule has 0 amide bonds. The minimum atomic E-state index is -3.81. The van der Waals surface area contributed by atoms with E-state index in [0.717, 1.165) is 19.0 Å². The van der Waals surface area contributed by atoms with Crippen LogP contribution >= 0.6 is 15.9 Å². The van der Waals surface area contributed by atoms with E-state index in [1.165, 1.54) is 6.07 Å². The van der Waals surface area contributed by atoms with Gasteiger partial charge in [-0.2, -0.15) is 0 Å². The summed E-state index contributed by atoms with van der Waals surface area (Å²) in [5.74, 6) is 0.208. The molecule has 0 bridgehead atoms. The van der Waals surface area contributed by atoms with Gasteiger partial charge in [0, 0.05) is 28.7 Å². The van der Waals surface area contributed by atoms with E-state index in [1.54, 1.807) is 6.92 Å². The van der Waals surface area contributed by atoms with Crippen molar-refractivity contribution in [1.82, 2.24) is 10.0 Å². The number of rotatable bonds is 4. The highest BCUT2D eigenvalue weighted by Crippen LogP contribution is 2.30. The predicted molar refractivity (Wildman–Crippen MR) is 86.3 cm³/mol. The number of hydrogen-bond donors (Lipinski definition) is 2. The SMILES string of the molecule is Cc1c(Br)cc(S(=O)(=O)NC2CNCCC2C)cc1[N+](=O)[O-]. The van der Waals surface area contributed by atoms with Crippen molar-refractivity contribution in [3.05, 3.63) is 32.3 Å². The summed E-state index contributed by atoms with van der Waals surface area (Å²) >= 11 is 3.19. The fraction of sp³-hybridized carbons (Fsp3) is 0.538. The lowest BCUT2D eigenvalue weighted by Gasteiger charge is -2.30. The van der Waals surface area contributed by atoms with E-state index < -0.39 is 14.9 Å². The third-order valence-corrected chi connectivity index (χ3v) is 6.22. The van der Waals surface area contributed by atoms with E-state index in [4.69, 9.17) is 0 Å². The minimum Gasteiger partial charge on any atom is -0.315 e. The molecule has 2 atom stereocenters. The van der Waals surface area contributed by atoms with Gasteiger partial charge in [0.2, 0.25) is 10.0 Å². The summed E-state index contributed by atoms with van der Waals surface area (Å²) in [5, 5.41) is 14.2. The molecule has 1 fully saturated rings. The number of hydrogen-bond acceptors (Lipinski definition) is 5. The summed E-state index contributed by atoms with van der Waals surface area (Å²) in [6.45, 7) is 4.97. The number of nitrogens with one attached hydrogen (secondary N) is 2. The van der Waals surface area contributed by atoms with Crippen LogP contribution in [-0.4, -0.2) is 32.5 Å². The molecule has 2 unspecified atom stereocenters. The number of halogens is 1. The summed E-state index contributed by atoms with van der Waals surface area (Å²) < 4.78 is 28.0. The molecule has 1 saturated heterocycles. The van der Waals surface area contributed by atoms with Crippen molar-refractivity contribution >= 4 is 31.6 Å². The Morgan fingerprint density at radius 1 is 1.45 bits per heavy atom. The van der Waals surface area contributed by atoms with Gasteiger partial charge in [-0.25, -0.2) is 13.1 Å². The lowest BCUT2D eigenvalue weighted by molar-refractivity contribution is -0.385. The monoisotopic (exact) mass is 391 g/mol. The van der Waals surface area contributed by atoms with Crippen LogP contribution in [0.2, 0.25) is 0 Å². The first-order chi connectivity index (χ1) is 10.2. The molecule has 1 aliphatic rings. The lowest BCUT2D eigenvalue weighted by atomic mass is 9.96. The highest BCUT2D eigenvalue weighted by Gasteiger charge is 2.28. The van der Waals surface area contributed by atoms with E-state index in [1.807, 2.05) is 6.92 Å². The molecule has 1 aromatic rings. The van der Waals surface area contributed by atoms with Crippen LogP contribution in [0.3, 0.4) is 0 Å². The Morgan fingerprint density at radius 3 is 2.73 bits per heavy atom. The summed E-state index contributed by atoms with van der Waals surface area (Å²) in [6, 6.07) is 2.27. The van der Waals surface area contributed by atoms with Crippen LogP contribution < -0.4 is 10.0 Å². The van der Waals surface area contributed by atoms with Gasteiger partial charge in [0.15, 0.2) is 0 Å². The zero-order chi connectivity index (χ0) is 16.5. The maximum atomic E-state index is 12.5. The van der Waals surface area contributed by atoms with Crippen LogP contribution in [0.5, 0.6) is 0 Å². The number of sulfonamides is 1. The van der Waals surface area contributed by atoms with E-state index in [9.17, 15) is 18.5 Å². The molecule has 122 valence electrons. The second-order valence-corrected chi connectivity index (χ2v) is 8.07. The highest BCUT2D eigenvalue weighted by molar-refractivity contribution is 9.10. The van der Waals surface area contributed by atoms with Gasteiger partial charge in [-0.15, -0.1) is 0 Å². The standard InChI is InChI=1S/C13H18BrN3O4S/c1-8-3-4-15-7-12(8)16-22(20,21)10-5-11(14)9(2)13(6-10)17(18)19/h5-6,8,12,15-16H,3-4,7H2,1-2H3. The molecule has 7 nitrogen and oxygen atoms in total. The Hall–Kier alpha value is -1.03. The van der Waals surface area contributed by atoms with Crippen LogP contribution in [0.15, 0.2) is 21.5 Å². The number of piperidine rings is 1. The first kappa shape index (κ1) is 17.3. The molecule has 0 spiro atoms. The van der Waals surface area contributed by atoms with Crippen LogP contribution in [0.25, 0.3) is 0 Å². The van der Waals surface area contributed by atoms with Gasteiger partial charge in [-0.05, 0) is 31.9 Å². The average Bonchev–Trinajstić information content (AvgIpc) is 2.43. The second kappa shape index (κ2) is 6.61. The second-order valence-electron chi connectivity index (χ2n) is 5.50. The number of nitrogens with zero attached hydrogens (tertiary/aromatic N) is 1. The zero-order valence-corrected chi connectivity index (χ0v) is 14.7. The average molecular weight is 392 g/mol. The number of benzene rings is 1. The van der Waals surface area contributed by atoms with E-state index in [2.05, 4.69) is 26.0 Å². The molecule has 0 aliphatic carbocycles. The molecule has 1 aromatic carbocycles. The number of nitro benzene ring substituents is 1. The van der Waals surface area contributed by atoms with Gasteiger partial charge in [0.1, 0.15) is 0 Å². The molecule has 1 aliphatic heterocycles. The Balaban J connectivity index is 2.35. The molecule has 9 heteroatoms. The van der Waals surface area contributed by atoms with Crippen LogP contribution in [0, 0.1) is 23.0 Å². The quantitative estimate of drug-likeness (QED) is 0.603. The lowest BCUT2D eigenvalue weighted by Crippen LogP contribution is -2.50. The molecular weight excluding hydrogens is 374 g/mol. The molecule has 1 heterocycles. The summed E-state index contributed by atoms with van der Waals surface area (Å²) in [5.41, 5.74) is 0.182. The fourth-order valence-electron chi connectivity index (χ4n) is 2.40. The van der Waals surface area contributed by atoms with Crippen LogP contribution in [0.4, 0.5) is 5.69 Å². The third-order valence-electron chi connectivity index (χ3n) is 3.93. The maximum absolute atomic E-state index is 12.5. The van der Waals surface area contributed by atoms with Crippen LogP contribution in [-0.2, 0) is 10.0 Å². The van der Waals surface area contributed by atoms with Crippen molar-refractivity contribution in [3.8, 4) is 0 Å². The molecular formula is C13H18BrN3O4S. The summed E-state index contributed by atoms with van der Waals surface area (Å²) in [4.78, 5) is 10.4. The molecule has 2 rings (SSSR count). The fourth-order valence-corrected chi connectivity index (χ4v) is 4.39. The summed E-state index contributed by atoms with van der Waals surface area (Å²) in [6.07, 6.45) is 0.880. The van der Waals surface area contributed by atoms with Crippen molar-refractivity contribution in [3.63, 3.8) is 0 Å². The Bertz CT molecular complexity index is 693. The smallest absolute Gasteiger partial charge is 0.274 e. The van der Waals surface area contributed by atoms with Crippen molar-refractivity contribution < 1.29 is 13.3 Å². The van der Waals surface area contributed by atoms with E-state index in [-0.39, 0.29) is 22.5 Å². The Kier molecular flexibility index (Phi) is 5.21. The molecule has 22 heavy (non-hydrogen) atoms. The first-order valence-electron chi connectivity index (χ1n) is 6.90.